The van der Waals surface area contributed by atoms with Crippen molar-refractivity contribution in [1.82, 2.24) is 9.78 Å². The van der Waals surface area contributed by atoms with Crippen LogP contribution in [0, 0.1) is 0 Å². The van der Waals surface area contributed by atoms with Crippen LogP contribution in [-0.4, -0.2) is 31.0 Å². The maximum atomic E-state index is 13.5. The Balaban J connectivity index is 1.87. The number of halogens is 2. The van der Waals surface area contributed by atoms with Crippen molar-refractivity contribution in [3.63, 3.8) is 0 Å². The van der Waals surface area contributed by atoms with Gasteiger partial charge in [0.2, 0.25) is 5.92 Å². The van der Waals surface area contributed by atoms with Gasteiger partial charge < -0.3 is 5.11 Å². The Morgan fingerprint density at radius 3 is 2.64 bits per heavy atom. The predicted molar refractivity (Wildman–Crippen MR) is 87.2 cm³/mol. The summed E-state index contributed by atoms with van der Waals surface area (Å²) in [6.45, 7) is 0. The number of carbonyl (C=O) groups is 1. The summed E-state index contributed by atoms with van der Waals surface area (Å²) < 4.78 is 41.0. The average molecular weight is 366 g/mol. The van der Waals surface area contributed by atoms with E-state index >= 15 is 0 Å². The first kappa shape index (κ1) is 16.4. The van der Waals surface area contributed by atoms with Gasteiger partial charge in [-0.3, -0.25) is 8.89 Å². The molecule has 8 heteroatoms. The van der Waals surface area contributed by atoms with Gasteiger partial charge >= 0.3 is 5.97 Å². The Morgan fingerprint density at radius 1 is 1.28 bits per heavy atom. The highest BCUT2D eigenvalue weighted by Gasteiger charge is 2.39. The van der Waals surface area contributed by atoms with Crippen LogP contribution < -0.4 is 0 Å². The summed E-state index contributed by atoms with van der Waals surface area (Å²) in [7, 11) is -1.34. The molecule has 5 nitrogen and oxygen atoms in total. The van der Waals surface area contributed by atoms with Crippen molar-refractivity contribution >= 4 is 16.8 Å². The van der Waals surface area contributed by atoms with Gasteiger partial charge in [-0.05, 0) is 18.9 Å². The van der Waals surface area contributed by atoms with E-state index in [0.29, 0.717) is 21.7 Å². The molecule has 0 amide bonds. The van der Waals surface area contributed by atoms with Crippen LogP contribution in [0.25, 0.3) is 11.3 Å². The third-order valence-corrected chi connectivity index (χ3v) is 6.30. The van der Waals surface area contributed by atoms with Crippen LogP contribution in [0.1, 0.15) is 47.8 Å². The quantitative estimate of drug-likeness (QED) is 0.881. The first-order valence-electron chi connectivity index (χ1n) is 8.08. The largest absolute Gasteiger partial charge is 0.476 e. The van der Waals surface area contributed by atoms with E-state index in [4.69, 9.17) is 0 Å². The zero-order valence-corrected chi connectivity index (χ0v) is 14.1. The number of carboxylic acid groups (broad SMARTS) is 1. The van der Waals surface area contributed by atoms with Crippen molar-refractivity contribution < 1.29 is 22.9 Å². The van der Waals surface area contributed by atoms with Gasteiger partial charge in [-0.15, -0.1) is 0 Å². The number of benzene rings is 1. The number of rotatable bonds is 2. The molecule has 1 fully saturated rings. The Hall–Kier alpha value is -2.09. The molecule has 1 aromatic heterocycles. The summed E-state index contributed by atoms with van der Waals surface area (Å²) in [6.07, 6.45) is 0.0153. The van der Waals surface area contributed by atoms with Crippen LogP contribution in [0.2, 0.25) is 0 Å². The number of alkyl halides is 2. The topological polar surface area (TPSA) is 72.2 Å². The number of hydrogen-bond donors (Lipinski definition) is 1. The lowest BCUT2D eigenvalue weighted by Crippen LogP contribution is -2.27. The SMILES string of the molecule is O=C(O)c1nn(C2CCC(F)(F)CC2)c2c1CS(=O)c1ccccc1-2. The van der Waals surface area contributed by atoms with Gasteiger partial charge in [-0.2, -0.15) is 5.10 Å². The Labute approximate surface area is 145 Å². The van der Waals surface area contributed by atoms with Gasteiger partial charge in [0.05, 0.1) is 28.3 Å². The van der Waals surface area contributed by atoms with Crippen molar-refractivity contribution in [3.8, 4) is 11.3 Å². The Kier molecular flexibility index (Phi) is 3.75. The minimum absolute atomic E-state index is 0.0802. The van der Waals surface area contributed by atoms with Crippen LogP contribution in [-0.2, 0) is 16.6 Å². The summed E-state index contributed by atoms with van der Waals surface area (Å²) in [5, 5.41) is 13.7. The third kappa shape index (κ3) is 2.68. The molecule has 1 aromatic carbocycles. The molecule has 0 bridgehead atoms. The molecular formula is C17H16F2N2O3S. The van der Waals surface area contributed by atoms with Crippen LogP contribution in [0.3, 0.4) is 0 Å². The highest BCUT2D eigenvalue weighted by atomic mass is 32.2. The van der Waals surface area contributed by atoms with E-state index in [2.05, 4.69) is 5.10 Å². The fourth-order valence-corrected chi connectivity index (χ4v) is 5.00. The normalized spacial score (nSPS) is 22.2. The molecule has 2 aromatic rings. The predicted octanol–water partition coefficient (Wildman–Crippen LogP) is 3.62. The molecule has 1 N–H and O–H groups in total. The molecule has 1 aliphatic carbocycles. The van der Waals surface area contributed by atoms with Gasteiger partial charge in [0, 0.05) is 28.9 Å². The van der Waals surface area contributed by atoms with Gasteiger partial charge in [-0.25, -0.2) is 13.6 Å². The molecule has 25 heavy (non-hydrogen) atoms. The lowest BCUT2D eigenvalue weighted by atomic mass is 9.92. The zero-order chi connectivity index (χ0) is 17.8. The molecule has 2 aliphatic rings. The van der Waals surface area contributed by atoms with E-state index in [9.17, 15) is 22.9 Å². The van der Waals surface area contributed by atoms with Crippen LogP contribution in [0.15, 0.2) is 29.2 Å². The van der Waals surface area contributed by atoms with Gasteiger partial charge in [0.25, 0.3) is 0 Å². The van der Waals surface area contributed by atoms with E-state index in [-0.39, 0.29) is 43.2 Å². The van der Waals surface area contributed by atoms with Gasteiger partial charge in [0.1, 0.15) is 0 Å². The second kappa shape index (κ2) is 5.72. The smallest absolute Gasteiger partial charge is 0.356 e. The summed E-state index contributed by atoms with van der Waals surface area (Å²) in [4.78, 5) is 12.2. The van der Waals surface area contributed by atoms with Crippen molar-refractivity contribution in [2.24, 2.45) is 0 Å². The van der Waals surface area contributed by atoms with Crippen LogP contribution in [0.5, 0.6) is 0 Å². The van der Waals surface area contributed by atoms with Gasteiger partial charge in [0.15, 0.2) is 5.69 Å². The first-order chi connectivity index (χ1) is 11.9. The second-order valence-corrected chi connectivity index (χ2v) is 7.92. The highest BCUT2D eigenvalue weighted by molar-refractivity contribution is 7.84. The molecule has 0 saturated heterocycles. The monoisotopic (exact) mass is 366 g/mol. The summed E-state index contributed by atoms with van der Waals surface area (Å²) in [5.74, 6) is -3.78. The fourth-order valence-electron chi connectivity index (χ4n) is 3.67. The highest BCUT2D eigenvalue weighted by Crippen LogP contribution is 2.43. The molecule has 2 heterocycles. The standard InChI is InChI=1S/C17H16F2N2O3S/c18-17(19)7-5-10(6-8-17)21-15-11-3-1-2-4-13(11)25(24)9-12(15)14(20-21)16(22)23/h1-4,10H,5-9H2,(H,22,23). The van der Waals surface area contributed by atoms with E-state index in [1.54, 1.807) is 28.9 Å². The number of fused-ring (bicyclic) bond motifs is 3. The van der Waals surface area contributed by atoms with Crippen molar-refractivity contribution in [2.75, 3.05) is 0 Å². The number of nitrogens with zero attached hydrogens (tertiary/aromatic N) is 2. The first-order valence-corrected chi connectivity index (χ1v) is 9.39. The minimum atomic E-state index is -2.67. The Morgan fingerprint density at radius 2 is 1.96 bits per heavy atom. The molecule has 1 unspecified atom stereocenters. The number of aromatic nitrogens is 2. The molecule has 1 atom stereocenters. The van der Waals surface area contributed by atoms with Crippen molar-refractivity contribution in [2.45, 2.75) is 48.3 Å². The second-order valence-electron chi connectivity index (χ2n) is 6.50. The number of aromatic carboxylic acids is 1. The van der Waals surface area contributed by atoms with E-state index in [0.717, 1.165) is 0 Å². The lowest BCUT2D eigenvalue weighted by molar-refractivity contribution is -0.0448. The molecule has 0 radical (unpaired) electrons. The van der Waals surface area contributed by atoms with Gasteiger partial charge in [-0.1, -0.05) is 18.2 Å². The third-order valence-electron chi connectivity index (χ3n) is 4.91. The van der Waals surface area contributed by atoms with E-state index < -0.39 is 22.7 Å². The number of hydrogen-bond acceptors (Lipinski definition) is 3. The average Bonchev–Trinajstić information content (AvgIpc) is 2.95. The molecule has 4 rings (SSSR count). The maximum absolute atomic E-state index is 13.5. The van der Waals surface area contributed by atoms with Crippen LogP contribution in [0.4, 0.5) is 8.78 Å². The van der Waals surface area contributed by atoms with Crippen molar-refractivity contribution in [1.29, 1.82) is 0 Å². The maximum Gasteiger partial charge on any atom is 0.356 e. The molecule has 0 spiro atoms. The Bertz CT molecular complexity index is 884. The minimum Gasteiger partial charge on any atom is -0.476 e. The summed E-state index contributed by atoms with van der Waals surface area (Å²) in [5.41, 5.74) is 1.60. The molecular weight excluding hydrogens is 350 g/mol. The zero-order valence-electron chi connectivity index (χ0n) is 13.2. The summed E-state index contributed by atoms with van der Waals surface area (Å²) in [6, 6.07) is 6.83. The fraction of sp³-hybridized carbons (Fsp3) is 0.412. The molecule has 1 aliphatic heterocycles. The van der Waals surface area contributed by atoms with E-state index in [1.165, 1.54) is 0 Å². The van der Waals surface area contributed by atoms with Crippen LogP contribution >= 0.6 is 0 Å². The molecule has 132 valence electrons. The van der Waals surface area contributed by atoms with E-state index in [1.807, 2.05) is 0 Å². The number of carboxylic acids is 1. The van der Waals surface area contributed by atoms with Crippen molar-refractivity contribution in [3.05, 3.63) is 35.5 Å². The summed E-state index contributed by atoms with van der Waals surface area (Å²) >= 11 is 0. The molecule has 1 saturated carbocycles. The lowest BCUT2D eigenvalue weighted by Gasteiger charge is -2.30.